The molecule has 2 aromatic rings. The molecule has 5 N–H and O–H groups in total. The first-order valence-corrected chi connectivity index (χ1v) is 11.2. The first kappa shape index (κ1) is 23.3. The number of aryl methyl sites for hydroxylation is 1. The van der Waals surface area contributed by atoms with E-state index >= 15 is 0 Å². The van der Waals surface area contributed by atoms with Crippen molar-refractivity contribution < 1.29 is 14.7 Å². The molecule has 1 saturated heterocycles. The maximum absolute atomic E-state index is 13.0. The van der Waals surface area contributed by atoms with Crippen molar-refractivity contribution in [2.24, 2.45) is 11.3 Å². The number of aliphatic hydroxyl groups is 1. The number of hydrogen-bond acceptors (Lipinski definition) is 7. The SMILES string of the molecule is Cc1ncsc1-c1ccc(CNC(=O)C2CC(O)CN2C(=O)C(NN)C(C)(C)C)cc1. The Morgan fingerprint density at radius 3 is 2.55 bits per heavy atom. The molecule has 1 aromatic heterocycles. The monoisotopic (exact) mass is 445 g/mol. The molecule has 0 bridgehead atoms. The fourth-order valence-corrected chi connectivity index (χ4v) is 4.64. The number of rotatable bonds is 6. The van der Waals surface area contributed by atoms with Gasteiger partial charge in [-0.1, -0.05) is 45.0 Å². The van der Waals surface area contributed by atoms with E-state index in [0.29, 0.717) is 6.54 Å². The van der Waals surface area contributed by atoms with Crippen LogP contribution in [0.4, 0.5) is 0 Å². The lowest BCUT2D eigenvalue weighted by Crippen LogP contribution is -2.58. The third-order valence-electron chi connectivity index (χ3n) is 5.57. The number of amides is 2. The topological polar surface area (TPSA) is 121 Å². The highest BCUT2D eigenvalue weighted by atomic mass is 32.1. The minimum absolute atomic E-state index is 0.119. The van der Waals surface area contributed by atoms with Crippen molar-refractivity contribution in [3.8, 4) is 10.4 Å². The number of hydrogen-bond donors (Lipinski definition) is 4. The smallest absolute Gasteiger partial charge is 0.243 e. The molecular formula is C22H31N5O3S. The third kappa shape index (κ3) is 5.30. The minimum Gasteiger partial charge on any atom is -0.391 e. The lowest BCUT2D eigenvalue weighted by Gasteiger charge is -2.34. The van der Waals surface area contributed by atoms with Crippen LogP contribution in [0.5, 0.6) is 0 Å². The largest absolute Gasteiger partial charge is 0.391 e. The Kier molecular flexibility index (Phi) is 7.10. The van der Waals surface area contributed by atoms with E-state index < -0.39 is 23.6 Å². The fourth-order valence-electron chi connectivity index (χ4n) is 3.82. The first-order valence-electron chi connectivity index (χ1n) is 10.3. The van der Waals surface area contributed by atoms with E-state index in [1.807, 2.05) is 57.5 Å². The Morgan fingerprint density at radius 1 is 1.32 bits per heavy atom. The molecule has 1 aliphatic rings. The van der Waals surface area contributed by atoms with Crippen molar-refractivity contribution in [2.45, 2.75) is 58.8 Å². The Labute approximate surface area is 186 Å². The second-order valence-corrected chi connectivity index (χ2v) is 9.90. The average Bonchev–Trinajstić information content (AvgIpc) is 3.31. The minimum atomic E-state index is -0.736. The van der Waals surface area contributed by atoms with E-state index in [1.54, 1.807) is 11.3 Å². The summed E-state index contributed by atoms with van der Waals surface area (Å²) >= 11 is 1.60. The molecule has 0 radical (unpaired) electrons. The predicted octanol–water partition coefficient (Wildman–Crippen LogP) is 1.57. The van der Waals surface area contributed by atoms with Crippen LogP contribution in [-0.2, 0) is 16.1 Å². The van der Waals surface area contributed by atoms with Crippen molar-refractivity contribution in [2.75, 3.05) is 6.54 Å². The second-order valence-electron chi connectivity index (χ2n) is 9.04. The zero-order valence-corrected chi connectivity index (χ0v) is 19.2. The molecule has 2 amide bonds. The molecule has 1 fully saturated rings. The van der Waals surface area contributed by atoms with Gasteiger partial charge in [-0.2, -0.15) is 0 Å². The molecule has 3 rings (SSSR count). The Balaban J connectivity index is 1.65. The molecule has 0 spiro atoms. The summed E-state index contributed by atoms with van der Waals surface area (Å²) in [6.45, 7) is 8.13. The van der Waals surface area contributed by atoms with Crippen molar-refractivity contribution in [3.05, 3.63) is 41.0 Å². The van der Waals surface area contributed by atoms with Gasteiger partial charge >= 0.3 is 0 Å². The Bertz CT molecular complexity index is 922. The molecule has 2 heterocycles. The number of thiazole rings is 1. The fraction of sp³-hybridized carbons (Fsp3) is 0.500. The summed E-state index contributed by atoms with van der Waals surface area (Å²) in [4.78, 5) is 32.7. The zero-order chi connectivity index (χ0) is 22.8. The van der Waals surface area contributed by atoms with Gasteiger partial charge in [0, 0.05) is 19.5 Å². The number of hydrazine groups is 1. The van der Waals surface area contributed by atoms with Crippen molar-refractivity contribution in [3.63, 3.8) is 0 Å². The number of carbonyl (C=O) groups is 2. The molecule has 3 unspecified atom stereocenters. The van der Waals surface area contributed by atoms with Crippen molar-refractivity contribution in [1.29, 1.82) is 0 Å². The van der Waals surface area contributed by atoms with Crippen molar-refractivity contribution in [1.82, 2.24) is 20.6 Å². The van der Waals surface area contributed by atoms with E-state index in [2.05, 4.69) is 15.7 Å². The molecule has 31 heavy (non-hydrogen) atoms. The molecule has 168 valence electrons. The van der Waals surface area contributed by atoms with Crippen LogP contribution < -0.4 is 16.6 Å². The van der Waals surface area contributed by atoms with Gasteiger partial charge in [0.2, 0.25) is 11.8 Å². The summed E-state index contributed by atoms with van der Waals surface area (Å²) in [5.74, 6) is 5.05. The Morgan fingerprint density at radius 2 is 2.00 bits per heavy atom. The van der Waals surface area contributed by atoms with Gasteiger partial charge in [-0.3, -0.25) is 15.4 Å². The standard InChI is InChI=1S/C22H31N5O3S/c1-13-18(31-12-25-13)15-7-5-14(6-8-15)10-24-20(29)17-9-16(28)11-27(17)21(30)19(26-23)22(2,3)4/h5-8,12,16-17,19,26,28H,9-11,23H2,1-4H3,(H,24,29). The number of likely N-dealkylation sites (tertiary alicyclic amines) is 1. The summed E-state index contributed by atoms with van der Waals surface area (Å²) in [5.41, 5.74) is 7.00. The average molecular weight is 446 g/mol. The number of aromatic nitrogens is 1. The van der Waals surface area contributed by atoms with Crippen LogP contribution in [0.3, 0.4) is 0 Å². The molecule has 0 aliphatic carbocycles. The highest BCUT2D eigenvalue weighted by Crippen LogP contribution is 2.28. The van der Waals surface area contributed by atoms with Gasteiger partial charge in [-0.25, -0.2) is 10.4 Å². The number of β-amino-alcohol motifs (C(OH)–C–C–N with tert-alkyl or cyclic N) is 1. The van der Waals surface area contributed by atoms with E-state index in [1.165, 1.54) is 4.90 Å². The maximum Gasteiger partial charge on any atom is 0.243 e. The third-order valence-corrected chi connectivity index (χ3v) is 6.55. The van der Waals surface area contributed by atoms with E-state index in [0.717, 1.165) is 21.7 Å². The number of carbonyl (C=O) groups excluding carboxylic acids is 2. The van der Waals surface area contributed by atoms with Gasteiger partial charge in [0.25, 0.3) is 0 Å². The van der Waals surface area contributed by atoms with Crippen LogP contribution in [0.1, 0.15) is 38.4 Å². The van der Waals surface area contributed by atoms with Crippen LogP contribution in [0.2, 0.25) is 0 Å². The lowest BCUT2D eigenvalue weighted by atomic mass is 9.86. The van der Waals surface area contributed by atoms with Gasteiger partial charge in [-0.05, 0) is 23.5 Å². The molecule has 9 heteroatoms. The normalized spacial score (nSPS) is 20.0. The summed E-state index contributed by atoms with van der Waals surface area (Å²) in [5, 5.41) is 13.0. The summed E-state index contributed by atoms with van der Waals surface area (Å²) in [6, 6.07) is 6.58. The number of nitrogens with zero attached hydrogens (tertiary/aromatic N) is 2. The number of benzene rings is 1. The summed E-state index contributed by atoms with van der Waals surface area (Å²) in [7, 11) is 0. The maximum atomic E-state index is 13.0. The van der Waals surface area contributed by atoms with E-state index in [-0.39, 0.29) is 24.8 Å². The van der Waals surface area contributed by atoms with Crippen molar-refractivity contribution >= 4 is 23.2 Å². The molecule has 0 saturated carbocycles. The van der Waals surface area contributed by atoms with E-state index in [4.69, 9.17) is 5.84 Å². The van der Waals surface area contributed by atoms with Crippen LogP contribution in [0.15, 0.2) is 29.8 Å². The number of aliphatic hydroxyl groups excluding tert-OH is 1. The predicted molar refractivity (Wildman–Crippen MR) is 121 cm³/mol. The van der Waals surface area contributed by atoms with Crippen LogP contribution in [-0.4, -0.2) is 51.5 Å². The molecule has 8 nitrogen and oxygen atoms in total. The molecule has 3 atom stereocenters. The lowest BCUT2D eigenvalue weighted by molar-refractivity contribution is -0.142. The van der Waals surface area contributed by atoms with Gasteiger partial charge in [-0.15, -0.1) is 11.3 Å². The second kappa shape index (κ2) is 9.44. The quantitative estimate of drug-likeness (QED) is 0.396. The molecule has 1 aliphatic heterocycles. The van der Waals surface area contributed by atoms with Gasteiger partial charge < -0.3 is 15.3 Å². The highest BCUT2D eigenvalue weighted by molar-refractivity contribution is 7.13. The Hall–Kier alpha value is -2.33. The van der Waals surface area contributed by atoms with Gasteiger partial charge in [0.15, 0.2) is 0 Å². The summed E-state index contributed by atoms with van der Waals surface area (Å²) < 4.78 is 0. The number of nitrogens with two attached hydrogens (primary N) is 1. The van der Waals surface area contributed by atoms with Crippen LogP contribution in [0.25, 0.3) is 10.4 Å². The van der Waals surface area contributed by atoms with Gasteiger partial charge in [0.1, 0.15) is 12.1 Å². The van der Waals surface area contributed by atoms with Crippen LogP contribution >= 0.6 is 11.3 Å². The number of nitrogens with one attached hydrogen (secondary N) is 2. The molecule has 1 aromatic carbocycles. The first-order chi connectivity index (χ1) is 14.6. The van der Waals surface area contributed by atoms with E-state index in [9.17, 15) is 14.7 Å². The van der Waals surface area contributed by atoms with Gasteiger partial charge in [0.05, 0.1) is 22.2 Å². The summed E-state index contributed by atoms with van der Waals surface area (Å²) in [6.07, 6.45) is -0.525. The zero-order valence-electron chi connectivity index (χ0n) is 18.4. The van der Waals surface area contributed by atoms with Crippen LogP contribution in [0, 0.1) is 12.3 Å². The highest BCUT2D eigenvalue weighted by Gasteiger charge is 2.43. The molecular weight excluding hydrogens is 414 g/mol.